The summed E-state index contributed by atoms with van der Waals surface area (Å²) in [5.74, 6) is -0.838. The van der Waals surface area contributed by atoms with Crippen LogP contribution in [0.1, 0.15) is 27.2 Å². The predicted molar refractivity (Wildman–Crippen MR) is 159 cm³/mol. The van der Waals surface area contributed by atoms with Gasteiger partial charge in [0, 0.05) is 29.9 Å². The van der Waals surface area contributed by atoms with E-state index in [2.05, 4.69) is 15.0 Å². The fourth-order valence-electron chi connectivity index (χ4n) is 3.86. The highest BCUT2D eigenvalue weighted by Crippen LogP contribution is 2.35. The molecule has 0 unspecified atom stereocenters. The van der Waals surface area contributed by atoms with Crippen molar-refractivity contribution < 1.29 is 23.9 Å². The monoisotopic (exact) mass is 614 g/mol. The number of hydrogen-bond acceptors (Lipinski definition) is 6. The van der Waals surface area contributed by atoms with Crippen molar-refractivity contribution in [1.82, 2.24) is 14.7 Å². The average Bonchev–Trinajstić information content (AvgIpc) is 3.27. The van der Waals surface area contributed by atoms with E-state index in [1.54, 1.807) is 79.2 Å². The van der Waals surface area contributed by atoms with E-state index in [1.807, 2.05) is 0 Å². The molecule has 0 aliphatic rings. The molecule has 41 heavy (non-hydrogen) atoms. The minimum absolute atomic E-state index is 0.0128. The summed E-state index contributed by atoms with van der Waals surface area (Å²) in [4.78, 5) is 42.5. The summed E-state index contributed by atoms with van der Waals surface area (Å²) in [5.41, 5.74) is 3.18. The van der Waals surface area contributed by atoms with Gasteiger partial charge in [0.2, 0.25) is 11.8 Å². The molecule has 0 saturated heterocycles. The first-order valence-electron chi connectivity index (χ1n) is 12.2. The van der Waals surface area contributed by atoms with Gasteiger partial charge in [0.15, 0.2) is 11.4 Å². The van der Waals surface area contributed by atoms with Crippen LogP contribution in [0.3, 0.4) is 0 Å². The Bertz CT molecular complexity index is 1650. The molecule has 2 aromatic carbocycles. The van der Waals surface area contributed by atoms with Crippen molar-refractivity contribution in [3.8, 4) is 5.75 Å². The van der Waals surface area contributed by atoms with E-state index in [9.17, 15) is 14.4 Å². The molecule has 2 heterocycles. The second-order valence-electron chi connectivity index (χ2n) is 8.82. The third kappa shape index (κ3) is 6.82. The van der Waals surface area contributed by atoms with Gasteiger partial charge >= 0.3 is 5.97 Å². The Labute approximate surface area is 251 Å². The van der Waals surface area contributed by atoms with Crippen molar-refractivity contribution in [2.45, 2.75) is 13.5 Å². The minimum atomic E-state index is -0.469. The molecule has 0 fully saturated rings. The number of pyridine rings is 1. The number of imidazole rings is 1. The molecular weight excluding hydrogens is 591 g/mol. The largest absolute Gasteiger partial charge is 0.485 e. The number of hydrogen-bond donors (Lipinski definition) is 1. The summed E-state index contributed by atoms with van der Waals surface area (Å²) in [6, 6.07) is 13.3. The number of methoxy groups -OCH3 is 1. The zero-order chi connectivity index (χ0) is 29.7. The van der Waals surface area contributed by atoms with Gasteiger partial charge in [0.05, 0.1) is 35.6 Å². The molecule has 4 rings (SSSR count). The first-order valence-corrected chi connectivity index (χ1v) is 13.4. The van der Waals surface area contributed by atoms with E-state index >= 15 is 0 Å². The summed E-state index contributed by atoms with van der Waals surface area (Å²) in [6.45, 7) is 1.54. The number of carbonyl (C=O) groups is 3. The smallest absolute Gasteiger partial charge is 0.337 e. The van der Waals surface area contributed by atoms with Gasteiger partial charge in [-0.3, -0.25) is 14.0 Å². The first kappa shape index (κ1) is 29.9. The lowest BCUT2D eigenvalue weighted by molar-refractivity contribution is -0.122. The van der Waals surface area contributed by atoms with Gasteiger partial charge < -0.3 is 19.7 Å². The highest BCUT2D eigenvalue weighted by molar-refractivity contribution is 6.38. The molecular formula is C29H25Cl3N4O5. The van der Waals surface area contributed by atoms with Crippen molar-refractivity contribution in [1.29, 1.82) is 0 Å². The number of nitrogens with one attached hydrogen (secondary N) is 1. The van der Waals surface area contributed by atoms with Crippen LogP contribution >= 0.6 is 34.8 Å². The van der Waals surface area contributed by atoms with Gasteiger partial charge in [0.1, 0.15) is 11.8 Å². The molecule has 0 radical (unpaired) electrons. The number of likely N-dealkylation sites (N-methyl/N-ethyl adjacent to an activating group) is 1. The third-order valence-corrected chi connectivity index (χ3v) is 7.39. The van der Waals surface area contributed by atoms with Crippen LogP contribution in [0.25, 0.3) is 11.7 Å². The van der Waals surface area contributed by atoms with Crippen molar-refractivity contribution in [3.63, 3.8) is 0 Å². The summed E-state index contributed by atoms with van der Waals surface area (Å²) in [5, 5.41) is 3.64. The molecule has 0 spiro atoms. The van der Waals surface area contributed by atoms with Crippen LogP contribution in [0, 0.1) is 6.92 Å². The highest BCUT2D eigenvalue weighted by Gasteiger charge is 2.20. The van der Waals surface area contributed by atoms with Crippen LogP contribution < -0.4 is 15.0 Å². The number of aryl methyl sites for hydroxylation is 1. The molecule has 0 aliphatic carbocycles. The number of carbonyl (C=O) groups excluding carboxylic acids is 3. The lowest BCUT2D eigenvalue weighted by atomic mass is 10.1. The van der Waals surface area contributed by atoms with E-state index in [-0.39, 0.29) is 18.2 Å². The lowest BCUT2D eigenvalue weighted by Crippen LogP contribution is -2.37. The number of amides is 2. The Morgan fingerprint density at radius 1 is 1.07 bits per heavy atom. The molecule has 9 nitrogen and oxygen atoms in total. The summed E-state index contributed by atoms with van der Waals surface area (Å²) in [6.07, 6.45) is 4.64. The topological polar surface area (TPSA) is 102 Å². The first-order chi connectivity index (χ1) is 19.6. The Hall–Kier alpha value is -4.05. The van der Waals surface area contributed by atoms with Gasteiger partial charge in [-0.2, -0.15) is 0 Å². The Morgan fingerprint density at radius 3 is 2.51 bits per heavy atom. The Balaban J connectivity index is 1.39. The summed E-state index contributed by atoms with van der Waals surface area (Å²) < 4.78 is 12.4. The zero-order valence-corrected chi connectivity index (χ0v) is 24.5. The predicted octanol–water partition coefficient (Wildman–Crippen LogP) is 5.76. The molecule has 0 atom stereocenters. The maximum absolute atomic E-state index is 12.9. The number of benzene rings is 2. The molecule has 212 valence electrons. The maximum Gasteiger partial charge on any atom is 0.337 e. The number of rotatable bonds is 9. The second-order valence-corrected chi connectivity index (χ2v) is 9.96. The molecule has 12 heteroatoms. The summed E-state index contributed by atoms with van der Waals surface area (Å²) >= 11 is 19.4. The van der Waals surface area contributed by atoms with Crippen LogP contribution in [-0.2, 0) is 20.9 Å². The van der Waals surface area contributed by atoms with Crippen LogP contribution in [0.15, 0.2) is 60.8 Å². The molecule has 4 aromatic rings. The van der Waals surface area contributed by atoms with E-state index in [4.69, 9.17) is 39.5 Å². The maximum atomic E-state index is 12.9. The number of nitrogens with zero attached hydrogens (tertiary/aromatic N) is 3. The second kappa shape index (κ2) is 13.1. The standard InChI is InChI=1S/C29H25Cl3N4O5/c1-17-27(32)36-14-4-5-23(28(36)34-17)41-16-20-21(30)11-12-22(26(20)31)35(2)25(38)15-33-24(37)13-8-18-6-9-19(10-7-18)29(39)40-3/h4-14H,15-16H2,1-3H3,(H,33,37)/b13-8+. The Morgan fingerprint density at radius 2 is 1.80 bits per heavy atom. The number of ether oxygens (including phenoxy) is 2. The van der Waals surface area contributed by atoms with Gasteiger partial charge in [-0.1, -0.05) is 46.9 Å². The number of anilines is 1. The van der Waals surface area contributed by atoms with Gasteiger partial charge in [-0.05, 0) is 55.0 Å². The van der Waals surface area contributed by atoms with E-state index in [1.165, 1.54) is 18.1 Å². The zero-order valence-electron chi connectivity index (χ0n) is 22.3. The van der Waals surface area contributed by atoms with Crippen molar-refractivity contribution >= 4 is 70.0 Å². The van der Waals surface area contributed by atoms with Crippen LogP contribution in [-0.4, -0.2) is 47.9 Å². The minimum Gasteiger partial charge on any atom is -0.485 e. The van der Waals surface area contributed by atoms with Crippen LogP contribution in [0.2, 0.25) is 15.2 Å². The van der Waals surface area contributed by atoms with Crippen molar-refractivity contribution in [2.75, 3.05) is 25.6 Å². The van der Waals surface area contributed by atoms with E-state index in [0.717, 1.165) is 0 Å². The van der Waals surface area contributed by atoms with E-state index in [0.29, 0.717) is 49.6 Å². The quantitative estimate of drug-likeness (QED) is 0.190. The normalized spacial score (nSPS) is 11.1. The van der Waals surface area contributed by atoms with Gasteiger partial charge in [-0.15, -0.1) is 0 Å². The third-order valence-electron chi connectivity index (χ3n) is 6.16. The van der Waals surface area contributed by atoms with Crippen LogP contribution in [0.4, 0.5) is 5.69 Å². The fraction of sp³-hybridized carbons (Fsp3) is 0.172. The van der Waals surface area contributed by atoms with Crippen molar-refractivity contribution in [3.05, 3.63) is 98.4 Å². The number of esters is 1. The molecule has 0 bridgehead atoms. The Kier molecular flexibility index (Phi) is 9.54. The summed E-state index contributed by atoms with van der Waals surface area (Å²) in [7, 11) is 2.85. The lowest BCUT2D eigenvalue weighted by Gasteiger charge is -2.21. The number of fused-ring (bicyclic) bond motifs is 1. The van der Waals surface area contributed by atoms with Crippen LogP contribution in [0.5, 0.6) is 5.75 Å². The number of aromatic nitrogens is 2. The molecule has 1 N–H and O–H groups in total. The molecule has 0 aliphatic heterocycles. The SMILES string of the molecule is COC(=O)c1ccc(/C=C/C(=O)NCC(=O)N(C)c2ccc(Cl)c(COc3cccn4c(Cl)c(C)nc34)c2Cl)cc1. The molecule has 0 saturated carbocycles. The van der Waals surface area contributed by atoms with Gasteiger partial charge in [0.25, 0.3) is 0 Å². The highest BCUT2D eigenvalue weighted by atomic mass is 35.5. The van der Waals surface area contributed by atoms with Crippen molar-refractivity contribution in [2.24, 2.45) is 0 Å². The molecule has 2 aromatic heterocycles. The number of halogens is 3. The van der Waals surface area contributed by atoms with E-state index < -0.39 is 17.8 Å². The van der Waals surface area contributed by atoms with Gasteiger partial charge in [-0.25, -0.2) is 9.78 Å². The molecule has 2 amide bonds. The fourth-order valence-corrected chi connectivity index (χ4v) is 4.65. The average molecular weight is 616 g/mol.